The zero-order valence-corrected chi connectivity index (χ0v) is 25.0. The molecule has 3 aromatic heterocycles. The van der Waals surface area contributed by atoms with Crippen molar-refractivity contribution in [3.63, 3.8) is 0 Å². The summed E-state index contributed by atoms with van der Waals surface area (Å²) in [5, 5.41) is 14.7. The summed E-state index contributed by atoms with van der Waals surface area (Å²) < 4.78 is 22.4. The van der Waals surface area contributed by atoms with Gasteiger partial charge in [0.1, 0.15) is 23.8 Å². The van der Waals surface area contributed by atoms with Gasteiger partial charge in [-0.25, -0.2) is 4.39 Å². The number of aryl methyl sites for hydroxylation is 2. The van der Waals surface area contributed by atoms with Crippen molar-refractivity contribution < 1.29 is 9.13 Å². The minimum atomic E-state index is -0.840. The Balaban J connectivity index is 1.18. The molecule has 3 atom stereocenters. The number of thiophene rings is 1. The van der Waals surface area contributed by atoms with E-state index in [2.05, 4.69) is 21.0 Å². The molecule has 3 aromatic rings. The molecular weight excluding hydrogens is 557 g/mol. The normalized spacial score (nSPS) is 24.8. The number of rotatable bonds is 7. The average Bonchev–Trinajstić information content (AvgIpc) is 3.72. The van der Waals surface area contributed by atoms with Crippen LogP contribution in [0.3, 0.4) is 0 Å². The number of nitrogen functional groups attached to an aromatic ring is 2. The van der Waals surface area contributed by atoms with E-state index in [1.807, 2.05) is 32.1 Å². The molecule has 1 aliphatic carbocycles. The van der Waals surface area contributed by atoms with Crippen molar-refractivity contribution in [3.05, 3.63) is 27.8 Å². The molecule has 4 aliphatic rings. The third-order valence-electron chi connectivity index (χ3n) is 9.81. The number of ether oxygens (including phenoxy) is 1. The van der Waals surface area contributed by atoms with Gasteiger partial charge in [-0.3, -0.25) is 9.58 Å². The lowest BCUT2D eigenvalue weighted by atomic mass is 9.74. The monoisotopic (exact) mass is 593 g/mol. The van der Waals surface area contributed by atoms with E-state index in [0.29, 0.717) is 60.9 Å². The van der Waals surface area contributed by atoms with Gasteiger partial charge in [0, 0.05) is 62.2 Å². The Hall–Kier alpha value is -3.70. The van der Waals surface area contributed by atoms with E-state index in [0.717, 1.165) is 43.4 Å². The van der Waals surface area contributed by atoms with Crippen molar-refractivity contribution in [2.24, 2.45) is 7.05 Å². The SMILES string of the molecule is CC(c1cn(C)nc1N)N(C)c1nc(OC[C@@]23CCCN2C[C@H](F)C3)nc(N2CC3(CCc4sc(N)c(C#N)c43)C2)n1. The Kier molecular flexibility index (Phi) is 6.25. The van der Waals surface area contributed by atoms with Crippen LogP contribution in [0.25, 0.3) is 0 Å². The maximum atomic E-state index is 14.4. The summed E-state index contributed by atoms with van der Waals surface area (Å²) in [5.74, 6) is 1.42. The van der Waals surface area contributed by atoms with Crippen LogP contribution in [0.5, 0.6) is 6.01 Å². The van der Waals surface area contributed by atoms with Gasteiger partial charge in [0.25, 0.3) is 0 Å². The predicted octanol–water partition coefficient (Wildman–Crippen LogP) is 2.56. The molecule has 14 heteroatoms. The van der Waals surface area contributed by atoms with Crippen LogP contribution in [0.1, 0.15) is 60.2 Å². The topological polar surface area (TPSA) is 151 Å². The van der Waals surface area contributed by atoms with E-state index in [1.54, 1.807) is 4.68 Å². The summed E-state index contributed by atoms with van der Waals surface area (Å²) in [4.78, 5) is 21.8. The molecule has 0 bridgehead atoms. The van der Waals surface area contributed by atoms with Crippen LogP contribution in [0, 0.1) is 11.3 Å². The number of aromatic nitrogens is 5. The Morgan fingerprint density at radius 1 is 1.29 bits per heavy atom. The number of nitrogens with zero attached hydrogens (tertiary/aromatic N) is 9. The van der Waals surface area contributed by atoms with Gasteiger partial charge in [-0.15, -0.1) is 11.3 Å². The van der Waals surface area contributed by atoms with Gasteiger partial charge in [0.15, 0.2) is 5.82 Å². The fourth-order valence-corrected chi connectivity index (χ4v) is 8.68. The number of hydrogen-bond acceptors (Lipinski definition) is 12. The van der Waals surface area contributed by atoms with Crippen LogP contribution in [0.15, 0.2) is 6.20 Å². The number of fused-ring (bicyclic) bond motifs is 3. The molecule has 12 nitrogen and oxygen atoms in total. The van der Waals surface area contributed by atoms with Gasteiger partial charge >= 0.3 is 6.01 Å². The Morgan fingerprint density at radius 3 is 2.83 bits per heavy atom. The largest absolute Gasteiger partial charge is 0.461 e. The number of anilines is 4. The zero-order valence-electron chi connectivity index (χ0n) is 24.2. The van der Waals surface area contributed by atoms with Crippen LogP contribution in [-0.4, -0.2) is 81.2 Å². The maximum absolute atomic E-state index is 14.4. The van der Waals surface area contributed by atoms with Gasteiger partial charge < -0.3 is 26.0 Å². The summed E-state index contributed by atoms with van der Waals surface area (Å²) in [5.41, 5.74) is 14.5. The first-order chi connectivity index (χ1) is 20.1. The molecule has 0 aromatic carbocycles. The molecular formula is C28H36FN11OS. The molecule has 0 saturated carbocycles. The Morgan fingerprint density at radius 2 is 2.10 bits per heavy atom. The van der Waals surface area contributed by atoms with Crippen LogP contribution < -0.4 is 26.0 Å². The standard InChI is InChI=1S/C28H36FN11OS/c1-16(19-12-37(2)36-22(19)31)38(3)24-33-25(35-26(34-24)41-15-28-6-4-8-40(28)11-17(29)9-28)39-13-27(14-39)7-5-20-21(27)18(10-30)23(32)42-20/h12,16-17H,4-9,11,13-15,32H2,1-3H3,(H2,31,36)/t16?,17-,28+/m1/s1. The number of nitrogens with two attached hydrogens (primary N) is 2. The van der Waals surface area contributed by atoms with Gasteiger partial charge in [0.2, 0.25) is 11.9 Å². The summed E-state index contributed by atoms with van der Waals surface area (Å²) >= 11 is 1.54. The molecule has 3 aliphatic heterocycles. The fourth-order valence-electron chi connectivity index (χ4n) is 7.54. The number of hydrogen-bond donors (Lipinski definition) is 2. The van der Waals surface area contributed by atoms with E-state index in [1.165, 1.54) is 16.2 Å². The number of halogens is 1. The Bertz CT molecular complexity index is 1580. The molecule has 3 saturated heterocycles. The van der Waals surface area contributed by atoms with Gasteiger partial charge in [-0.1, -0.05) is 0 Å². The lowest BCUT2D eigenvalue weighted by molar-refractivity contribution is 0.107. The average molecular weight is 594 g/mol. The molecule has 3 fully saturated rings. The van der Waals surface area contributed by atoms with Gasteiger partial charge in [-0.2, -0.15) is 25.3 Å². The predicted molar refractivity (Wildman–Crippen MR) is 158 cm³/mol. The second-order valence-electron chi connectivity index (χ2n) is 12.4. The molecule has 0 amide bonds. The minimum Gasteiger partial charge on any atom is -0.461 e. The summed E-state index contributed by atoms with van der Waals surface area (Å²) in [6.45, 7) is 5.07. The molecule has 7 rings (SSSR count). The minimum absolute atomic E-state index is 0.130. The van der Waals surface area contributed by atoms with E-state index in [9.17, 15) is 9.65 Å². The summed E-state index contributed by atoms with van der Waals surface area (Å²) in [7, 11) is 3.75. The van der Waals surface area contributed by atoms with E-state index in [-0.39, 0.29) is 23.0 Å². The molecule has 42 heavy (non-hydrogen) atoms. The lowest BCUT2D eigenvalue weighted by Gasteiger charge is -2.48. The molecule has 0 radical (unpaired) electrons. The first-order valence-electron chi connectivity index (χ1n) is 14.5. The van der Waals surface area contributed by atoms with E-state index < -0.39 is 6.17 Å². The van der Waals surface area contributed by atoms with Crippen molar-refractivity contribution in [2.75, 3.05) is 61.1 Å². The Labute approximate surface area is 248 Å². The van der Waals surface area contributed by atoms with Crippen molar-refractivity contribution in [2.45, 2.75) is 62.2 Å². The second-order valence-corrected chi connectivity index (χ2v) is 13.5. The van der Waals surface area contributed by atoms with Gasteiger partial charge in [0.05, 0.1) is 17.1 Å². The van der Waals surface area contributed by atoms with Crippen molar-refractivity contribution in [1.82, 2.24) is 29.6 Å². The zero-order chi connectivity index (χ0) is 29.4. The highest BCUT2D eigenvalue weighted by Gasteiger charge is 2.52. The van der Waals surface area contributed by atoms with Crippen molar-refractivity contribution in [3.8, 4) is 12.1 Å². The quantitative estimate of drug-likeness (QED) is 0.416. The number of nitriles is 1. The van der Waals surface area contributed by atoms with E-state index >= 15 is 0 Å². The smallest absolute Gasteiger partial charge is 0.323 e. The molecule has 222 valence electrons. The van der Waals surface area contributed by atoms with E-state index in [4.69, 9.17) is 31.2 Å². The fraction of sp³-hybridized carbons (Fsp3) is 0.607. The third kappa shape index (κ3) is 4.16. The highest BCUT2D eigenvalue weighted by Crippen LogP contribution is 2.52. The third-order valence-corrected chi connectivity index (χ3v) is 10.9. The van der Waals surface area contributed by atoms with Crippen LogP contribution in [-0.2, 0) is 18.9 Å². The molecule has 1 unspecified atom stereocenters. The first-order valence-corrected chi connectivity index (χ1v) is 15.3. The number of alkyl halides is 1. The molecule has 6 heterocycles. The van der Waals surface area contributed by atoms with Crippen LogP contribution in [0.2, 0.25) is 0 Å². The summed E-state index contributed by atoms with van der Waals surface area (Å²) in [6.07, 6.45) is 5.36. The van der Waals surface area contributed by atoms with Crippen molar-refractivity contribution >= 4 is 34.1 Å². The lowest BCUT2D eigenvalue weighted by Crippen LogP contribution is -2.59. The second kappa shape index (κ2) is 9.67. The molecule has 1 spiro atoms. The van der Waals surface area contributed by atoms with Crippen molar-refractivity contribution in [1.29, 1.82) is 5.26 Å². The van der Waals surface area contributed by atoms with Crippen LogP contribution >= 0.6 is 11.3 Å². The van der Waals surface area contributed by atoms with Crippen LogP contribution in [0.4, 0.5) is 27.1 Å². The first kappa shape index (κ1) is 27.2. The highest BCUT2D eigenvalue weighted by molar-refractivity contribution is 7.16. The summed E-state index contributed by atoms with van der Waals surface area (Å²) in [6, 6.07) is 2.39. The van der Waals surface area contributed by atoms with Gasteiger partial charge in [-0.05, 0) is 44.7 Å². The maximum Gasteiger partial charge on any atom is 0.323 e. The molecule has 4 N–H and O–H groups in total. The highest BCUT2D eigenvalue weighted by atomic mass is 32.1.